The molecule has 0 unspecified atom stereocenters. The molecule has 35 heavy (non-hydrogen) atoms. The van der Waals surface area contributed by atoms with Crippen LogP contribution in [0.1, 0.15) is 20.9 Å². The number of pyridine rings is 1. The fourth-order valence-electron chi connectivity index (χ4n) is 3.77. The van der Waals surface area contributed by atoms with E-state index in [4.69, 9.17) is 4.98 Å². The lowest BCUT2D eigenvalue weighted by molar-refractivity contribution is -0.385. The summed E-state index contributed by atoms with van der Waals surface area (Å²) < 4.78 is 1.87. The molecule has 0 atom stereocenters. The molecule has 0 saturated heterocycles. The summed E-state index contributed by atoms with van der Waals surface area (Å²) in [5, 5.41) is 22.9. The Kier molecular flexibility index (Phi) is 5.38. The summed E-state index contributed by atoms with van der Waals surface area (Å²) in [6.45, 7) is 1.84. The summed E-state index contributed by atoms with van der Waals surface area (Å²) in [6, 6.07) is 16.8. The minimum Gasteiger partial charge on any atom is -0.297 e. The molecule has 0 radical (unpaired) electrons. The molecule has 2 aromatic carbocycles. The summed E-state index contributed by atoms with van der Waals surface area (Å²) in [6.07, 6.45) is 1.85. The third-order valence-electron chi connectivity index (χ3n) is 5.41. The van der Waals surface area contributed by atoms with Crippen molar-refractivity contribution in [2.45, 2.75) is 6.92 Å². The molecule has 0 saturated carbocycles. The Morgan fingerprint density at radius 1 is 0.914 bits per heavy atom. The van der Waals surface area contributed by atoms with Gasteiger partial charge in [-0.15, -0.1) is 11.3 Å². The molecule has 0 aliphatic heterocycles. The smallest absolute Gasteiger partial charge is 0.270 e. The van der Waals surface area contributed by atoms with Crippen LogP contribution in [-0.4, -0.2) is 30.0 Å². The van der Waals surface area contributed by atoms with Gasteiger partial charge >= 0.3 is 0 Å². The maximum absolute atomic E-state index is 13.5. The van der Waals surface area contributed by atoms with Crippen LogP contribution < -0.4 is 0 Å². The quantitative estimate of drug-likeness (QED) is 0.177. The summed E-state index contributed by atoms with van der Waals surface area (Å²) in [4.78, 5) is 44.4. The zero-order valence-electron chi connectivity index (χ0n) is 18.1. The Hall–Kier alpha value is -4.77. The van der Waals surface area contributed by atoms with Gasteiger partial charge < -0.3 is 0 Å². The Morgan fingerprint density at radius 3 is 2.37 bits per heavy atom. The van der Waals surface area contributed by atoms with E-state index in [-0.39, 0.29) is 21.8 Å². The Bertz CT molecular complexity index is 1640. The van der Waals surface area contributed by atoms with Gasteiger partial charge in [-0.1, -0.05) is 18.2 Å². The van der Waals surface area contributed by atoms with Crippen LogP contribution in [-0.2, 0) is 0 Å². The number of benzene rings is 2. The van der Waals surface area contributed by atoms with Gasteiger partial charge in [0.25, 0.3) is 11.4 Å². The van der Waals surface area contributed by atoms with Crippen molar-refractivity contribution >= 4 is 34.1 Å². The van der Waals surface area contributed by atoms with Crippen LogP contribution in [0.3, 0.4) is 0 Å². The van der Waals surface area contributed by atoms with Crippen molar-refractivity contribution in [2.24, 2.45) is 0 Å². The molecule has 3 aromatic heterocycles. The lowest BCUT2D eigenvalue weighted by Gasteiger charge is -2.03. The van der Waals surface area contributed by atoms with Gasteiger partial charge in [0.05, 0.1) is 21.2 Å². The first kappa shape index (κ1) is 22.0. The number of fused-ring (bicyclic) bond motifs is 1. The third-order valence-corrected chi connectivity index (χ3v) is 6.47. The number of nitrogens with zero attached hydrogens (tertiary/aromatic N) is 5. The molecule has 5 rings (SSSR count). The van der Waals surface area contributed by atoms with Crippen molar-refractivity contribution < 1.29 is 14.6 Å². The number of nitro benzene ring substituents is 2. The van der Waals surface area contributed by atoms with Crippen LogP contribution >= 0.6 is 11.3 Å². The highest BCUT2D eigenvalue weighted by atomic mass is 32.1. The second-order valence-electron chi connectivity index (χ2n) is 7.61. The normalized spacial score (nSPS) is 11.0. The number of imidazole rings is 1. The van der Waals surface area contributed by atoms with Gasteiger partial charge in [0.15, 0.2) is 0 Å². The lowest BCUT2D eigenvalue weighted by Crippen LogP contribution is -2.02. The van der Waals surface area contributed by atoms with E-state index in [1.54, 1.807) is 0 Å². The highest BCUT2D eigenvalue weighted by molar-refractivity contribution is 7.17. The molecule has 10 nitrogen and oxygen atoms in total. The molecule has 0 amide bonds. The number of aryl methyl sites for hydroxylation is 1. The number of nitro groups is 2. The zero-order valence-corrected chi connectivity index (χ0v) is 18.9. The summed E-state index contributed by atoms with van der Waals surface area (Å²) >= 11 is 1.14. The van der Waals surface area contributed by atoms with E-state index in [2.05, 4.69) is 4.98 Å². The van der Waals surface area contributed by atoms with Gasteiger partial charge in [-0.2, -0.15) is 0 Å². The van der Waals surface area contributed by atoms with Gasteiger partial charge in [-0.05, 0) is 31.2 Å². The Morgan fingerprint density at radius 2 is 1.66 bits per heavy atom. The first-order chi connectivity index (χ1) is 16.8. The first-order valence-electron chi connectivity index (χ1n) is 10.3. The van der Waals surface area contributed by atoms with E-state index >= 15 is 0 Å². The predicted octanol–water partition coefficient (Wildman–Crippen LogP) is 5.48. The predicted molar refractivity (Wildman–Crippen MR) is 130 cm³/mol. The van der Waals surface area contributed by atoms with Crippen LogP contribution in [0.2, 0.25) is 0 Å². The van der Waals surface area contributed by atoms with Gasteiger partial charge in [0, 0.05) is 41.6 Å². The van der Waals surface area contributed by atoms with E-state index in [0.717, 1.165) is 22.7 Å². The highest BCUT2D eigenvalue weighted by Gasteiger charge is 2.25. The number of carbonyl (C=O) groups is 1. The number of hydrogen-bond donors (Lipinski definition) is 0. The van der Waals surface area contributed by atoms with Crippen LogP contribution in [0, 0.1) is 27.2 Å². The molecule has 0 aliphatic carbocycles. The summed E-state index contributed by atoms with van der Waals surface area (Å²) in [5.74, 6) is -0.433. The molecular weight excluding hydrogens is 470 g/mol. The molecule has 0 N–H and O–H groups in total. The number of hydrogen-bond acceptors (Lipinski definition) is 8. The SMILES string of the molecule is Cc1nc2ccccn2c1-c1nc(-c2ccc([N+](=O)[O-])cc2)c(C(=O)c2cccc([N+](=O)[O-])c2)s1. The van der Waals surface area contributed by atoms with Crippen molar-refractivity contribution in [1.29, 1.82) is 0 Å². The highest BCUT2D eigenvalue weighted by Crippen LogP contribution is 2.37. The molecule has 5 aromatic rings. The molecule has 3 heterocycles. The van der Waals surface area contributed by atoms with Gasteiger partial charge in [0.2, 0.25) is 5.78 Å². The van der Waals surface area contributed by atoms with Crippen LogP contribution in [0.25, 0.3) is 27.6 Å². The lowest BCUT2D eigenvalue weighted by atomic mass is 10.0. The number of carbonyl (C=O) groups excluding carboxylic acids is 1. The standard InChI is InChI=1S/C24H15N5O5S/c1-14-21(27-12-3-2-7-19(27)25-14)24-26-20(15-8-10-17(11-9-15)28(31)32)23(35-24)22(30)16-5-4-6-18(13-16)29(33)34/h2-13H,1H3. The van der Waals surface area contributed by atoms with Crippen LogP contribution in [0.4, 0.5) is 11.4 Å². The fraction of sp³-hybridized carbons (Fsp3) is 0.0417. The molecule has 0 fully saturated rings. The second kappa shape index (κ2) is 8.54. The van der Waals surface area contributed by atoms with Crippen molar-refractivity contribution in [3.63, 3.8) is 0 Å². The Balaban J connectivity index is 1.70. The second-order valence-corrected chi connectivity index (χ2v) is 8.61. The van der Waals surface area contributed by atoms with Gasteiger partial charge in [0.1, 0.15) is 21.2 Å². The van der Waals surface area contributed by atoms with Crippen LogP contribution in [0.5, 0.6) is 0 Å². The fourth-order valence-corrected chi connectivity index (χ4v) is 4.92. The molecule has 0 spiro atoms. The maximum atomic E-state index is 13.5. The first-order valence-corrected chi connectivity index (χ1v) is 11.1. The Labute approximate surface area is 201 Å². The van der Waals surface area contributed by atoms with E-state index in [1.807, 2.05) is 35.7 Å². The molecule has 0 aliphatic rings. The molecule has 0 bridgehead atoms. The average Bonchev–Trinajstić information content (AvgIpc) is 3.44. The van der Waals surface area contributed by atoms with E-state index in [1.165, 1.54) is 48.5 Å². The number of ketones is 1. The molecule has 172 valence electrons. The van der Waals surface area contributed by atoms with E-state index in [9.17, 15) is 25.0 Å². The minimum absolute atomic E-state index is 0.0895. The van der Waals surface area contributed by atoms with E-state index in [0.29, 0.717) is 22.0 Å². The number of rotatable bonds is 6. The van der Waals surface area contributed by atoms with Crippen molar-refractivity contribution in [3.05, 3.63) is 109 Å². The monoisotopic (exact) mass is 485 g/mol. The van der Waals surface area contributed by atoms with Crippen molar-refractivity contribution in [3.8, 4) is 22.0 Å². The number of non-ortho nitro benzene ring substituents is 2. The topological polar surface area (TPSA) is 134 Å². The van der Waals surface area contributed by atoms with Gasteiger partial charge in [-0.3, -0.25) is 29.4 Å². The van der Waals surface area contributed by atoms with Gasteiger partial charge in [-0.25, -0.2) is 9.97 Å². The van der Waals surface area contributed by atoms with Crippen LogP contribution in [0.15, 0.2) is 72.9 Å². The van der Waals surface area contributed by atoms with E-state index < -0.39 is 15.6 Å². The largest absolute Gasteiger partial charge is 0.297 e. The van der Waals surface area contributed by atoms with Crippen molar-refractivity contribution in [1.82, 2.24) is 14.4 Å². The van der Waals surface area contributed by atoms with Crippen molar-refractivity contribution in [2.75, 3.05) is 0 Å². The number of thiazole rings is 1. The summed E-state index contributed by atoms with van der Waals surface area (Å²) in [5.41, 5.74) is 2.86. The third kappa shape index (κ3) is 3.93. The average molecular weight is 485 g/mol. The minimum atomic E-state index is -0.562. The maximum Gasteiger partial charge on any atom is 0.270 e. The summed E-state index contributed by atoms with van der Waals surface area (Å²) in [7, 11) is 0. The molecule has 11 heteroatoms. The molecular formula is C24H15N5O5S. The number of aromatic nitrogens is 3. The zero-order chi connectivity index (χ0) is 24.7.